The van der Waals surface area contributed by atoms with Gasteiger partial charge < -0.3 is 14.2 Å². The fourth-order valence-corrected chi connectivity index (χ4v) is 5.39. The van der Waals surface area contributed by atoms with Crippen LogP contribution in [0.25, 0.3) is 27.5 Å². The number of hydrogen-bond acceptors (Lipinski definition) is 6. The number of carbonyl (C=O) groups excluding carboxylic acids is 2. The monoisotopic (exact) mass is 564 g/mol. The average Bonchev–Trinajstić information content (AvgIpc) is 3.33. The number of aromatic nitrogens is 2. The molecule has 2 aromatic heterocycles. The maximum absolute atomic E-state index is 12.8. The van der Waals surface area contributed by atoms with Crippen LogP contribution < -0.4 is 4.74 Å². The van der Waals surface area contributed by atoms with E-state index in [9.17, 15) is 9.59 Å². The topological polar surface area (TPSA) is 79.1 Å². The number of pyridine rings is 1. The van der Waals surface area contributed by atoms with Crippen molar-refractivity contribution in [2.24, 2.45) is 0 Å². The SMILES string of the molecule is COC(=O)c1nn2c(-c3c(C)cc(C(=O)OC(C)(C)C)cc3C)cccc2c1CCCOc1cccc2ccccc12. The first-order chi connectivity index (χ1) is 20.1. The molecule has 0 saturated heterocycles. The predicted molar refractivity (Wildman–Crippen MR) is 164 cm³/mol. The molecule has 0 unspecified atom stereocenters. The van der Waals surface area contributed by atoms with Crippen LogP contribution in [0, 0.1) is 13.8 Å². The predicted octanol–water partition coefficient (Wildman–Crippen LogP) is 7.52. The van der Waals surface area contributed by atoms with Crippen molar-refractivity contribution in [3.8, 4) is 17.0 Å². The molecule has 2 heterocycles. The molecular formula is C35H36N2O5. The number of ether oxygens (including phenoxy) is 3. The van der Waals surface area contributed by atoms with Crippen molar-refractivity contribution in [1.29, 1.82) is 0 Å². The minimum Gasteiger partial charge on any atom is -0.493 e. The van der Waals surface area contributed by atoms with E-state index in [-0.39, 0.29) is 11.7 Å². The summed E-state index contributed by atoms with van der Waals surface area (Å²) in [6.45, 7) is 9.96. The zero-order chi connectivity index (χ0) is 30.0. The molecule has 0 bridgehead atoms. The lowest BCUT2D eigenvalue weighted by atomic mass is 9.96. The molecule has 0 aliphatic carbocycles. The summed E-state index contributed by atoms with van der Waals surface area (Å²) in [5, 5.41) is 6.93. The first-order valence-electron chi connectivity index (χ1n) is 14.1. The largest absolute Gasteiger partial charge is 0.493 e. The Labute approximate surface area is 246 Å². The first kappa shape index (κ1) is 28.9. The molecule has 0 saturated carbocycles. The van der Waals surface area contributed by atoms with E-state index in [2.05, 4.69) is 18.2 Å². The van der Waals surface area contributed by atoms with Crippen LogP contribution in [-0.2, 0) is 15.9 Å². The van der Waals surface area contributed by atoms with Gasteiger partial charge in [0.15, 0.2) is 5.69 Å². The summed E-state index contributed by atoms with van der Waals surface area (Å²) in [5.41, 5.74) is 5.42. The lowest BCUT2D eigenvalue weighted by Crippen LogP contribution is -2.24. The number of esters is 2. The zero-order valence-corrected chi connectivity index (χ0v) is 25.0. The van der Waals surface area contributed by atoms with Crippen molar-refractivity contribution in [3.05, 3.63) is 101 Å². The molecule has 0 atom stereocenters. The lowest BCUT2D eigenvalue weighted by Gasteiger charge is -2.20. The standard InChI is InChI=1S/C35H36N2O5/c1-22-20-25(33(38)42-35(3,4)5)21-23(2)31(22)29-17-10-16-28-27(32(34(39)40-6)36-37(28)29)15-11-19-41-30-18-9-13-24-12-7-8-14-26(24)30/h7-10,12-14,16-18,20-21H,11,15,19H2,1-6H3. The summed E-state index contributed by atoms with van der Waals surface area (Å²) in [6.07, 6.45) is 1.26. The molecule has 7 nitrogen and oxygen atoms in total. The summed E-state index contributed by atoms with van der Waals surface area (Å²) in [4.78, 5) is 25.6. The number of rotatable bonds is 8. The molecule has 0 amide bonds. The fourth-order valence-electron chi connectivity index (χ4n) is 5.39. The van der Waals surface area contributed by atoms with E-state index < -0.39 is 11.6 Å². The molecule has 0 radical (unpaired) electrons. The minimum absolute atomic E-state index is 0.288. The number of nitrogens with zero attached hydrogens (tertiary/aromatic N) is 2. The summed E-state index contributed by atoms with van der Waals surface area (Å²) in [5.74, 6) is -0.00825. The van der Waals surface area contributed by atoms with Gasteiger partial charge in [0.1, 0.15) is 11.4 Å². The third-order valence-electron chi connectivity index (χ3n) is 7.14. The lowest BCUT2D eigenvalue weighted by molar-refractivity contribution is 0.00691. The van der Waals surface area contributed by atoms with Gasteiger partial charge in [-0.05, 0) is 94.3 Å². The Morgan fingerprint density at radius 2 is 1.57 bits per heavy atom. The van der Waals surface area contributed by atoms with Crippen LogP contribution in [0.3, 0.4) is 0 Å². The molecule has 5 rings (SSSR count). The number of hydrogen-bond donors (Lipinski definition) is 0. The van der Waals surface area contributed by atoms with E-state index in [1.165, 1.54) is 7.11 Å². The normalized spacial score (nSPS) is 11.6. The smallest absolute Gasteiger partial charge is 0.358 e. The average molecular weight is 565 g/mol. The van der Waals surface area contributed by atoms with Gasteiger partial charge in [-0.15, -0.1) is 0 Å². The number of benzene rings is 3. The Morgan fingerprint density at radius 1 is 0.881 bits per heavy atom. The molecule has 0 aliphatic heterocycles. The van der Waals surface area contributed by atoms with E-state index in [0.29, 0.717) is 25.0 Å². The van der Waals surface area contributed by atoms with Crippen molar-refractivity contribution in [3.63, 3.8) is 0 Å². The van der Waals surface area contributed by atoms with Crippen LogP contribution in [0.1, 0.15) is 64.7 Å². The second-order valence-electron chi connectivity index (χ2n) is 11.4. The van der Waals surface area contributed by atoms with Crippen LogP contribution in [0.15, 0.2) is 72.8 Å². The van der Waals surface area contributed by atoms with Crippen LogP contribution in [0.2, 0.25) is 0 Å². The van der Waals surface area contributed by atoms with Gasteiger partial charge in [-0.1, -0.05) is 42.5 Å². The number of fused-ring (bicyclic) bond motifs is 2. The van der Waals surface area contributed by atoms with Gasteiger partial charge in [-0.25, -0.2) is 14.1 Å². The number of aryl methyl sites for hydroxylation is 3. The van der Waals surface area contributed by atoms with E-state index in [1.54, 1.807) is 4.52 Å². The maximum atomic E-state index is 12.8. The highest BCUT2D eigenvalue weighted by Crippen LogP contribution is 2.32. The minimum atomic E-state index is -0.584. The molecule has 0 aliphatic rings. The van der Waals surface area contributed by atoms with Crippen LogP contribution in [0.4, 0.5) is 0 Å². The summed E-state index contributed by atoms with van der Waals surface area (Å²) < 4.78 is 18.7. The van der Waals surface area contributed by atoms with Gasteiger partial charge in [0.05, 0.1) is 30.5 Å². The summed E-state index contributed by atoms with van der Waals surface area (Å²) in [7, 11) is 1.37. The Kier molecular flexibility index (Phi) is 8.03. The van der Waals surface area contributed by atoms with Crippen molar-refractivity contribution >= 4 is 28.2 Å². The van der Waals surface area contributed by atoms with Crippen LogP contribution >= 0.6 is 0 Å². The molecule has 0 fully saturated rings. The van der Waals surface area contributed by atoms with Crippen molar-refractivity contribution < 1.29 is 23.8 Å². The highest BCUT2D eigenvalue weighted by atomic mass is 16.6. The Balaban J connectivity index is 1.46. The van der Waals surface area contributed by atoms with E-state index >= 15 is 0 Å². The van der Waals surface area contributed by atoms with Crippen molar-refractivity contribution in [2.75, 3.05) is 13.7 Å². The van der Waals surface area contributed by atoms with E-state index in [4.69, 9.17) is 19.3 Å². The molecule has 42 heavy (non-hydrogen) atoms. The molecule has 0 spiro atoms. The van der Waals surface area contributed by atoms with Gasteiger partial charge >= 0.3 is 11.9 Å². The Bertz CT molecular complexity index is 1770. The molecule has 3 aromatic carbocycles. The Morgan fingerprint density at radius 3 is 2.29 bits per heavy atom. The van der Waals surface area contributed by atoms with Gasteiger partial charge in [-0.3, -0.25) is 0 Å². The van der Waals surface area contributed by atoms with Crippen molar-refractivity contribution in [1.82, 2.24) is 9.61 Å². The quantitative estimate of drug-likeness (QED) is 0.143. The van der Waals surface area contributed by atoms with E-state index in [1.807, 2.05) is 89.2 Å². The maximum Gasteiger partial charge on any atom is 0.358 e. The molecule has 0 N–H and O–H groups in total. The second-order valence-corrected chi connectivity index (χ2v) is 11.4. The van der Waals surface area contributed by atoms with Crippen LogP contribution in [-0.4, -0.2) is 40.9 Å². The second kappa shape index (κ2) is 11.7. The molecular weight excluding hydrogens is 528 g/mol. The third-order valence-corrected chi connectivity index (χ3v) is 7.14. The molecule has 7 heteroatoms. The number of methoxy groups -OCH3 is 1. The highest BCUT2D eigenvalue weighted by Gasteiger charge is 2.24. The molecule has 216 valence electrons. The third kappa shape index (κ3) is 5.86. The highest BCUT2D eigenvalue weighted by molar-refractivity contribution is 5.93. The van der Waals surface area contributed by atoms with Crippen molar-refractivity contribution in [2.45, 2.75) is 53.1 Å². The number of carbonyl (C=O) groups is 2. The van der Waals surface area contributed by atoms with Gasteiger partial charge in [0.2, 0.25) is 0 Å². The van der Waals surface area contributed by atoms with Gasteiger partial charge in [0.25, 0.3) is 0 Å². The summed E-state index contributed by atoms with van der Waals surface area (Å²) in [6, 6.07) is 23.7. The summed E-state index contributed by atoms with van der Waals surface area (Å²) >= 11 is 0. The first-order valence-corrected chi connectivity index (χ1v) is 14.1. The van der Waals surface area contributed by atoms with E-state index in [0.717, 1.165) is 50.0 Å². The molecule has 5 aromatic rings. The Hall–Kier alpha value is -4.65. The van der Waals surface area contributed by atoms with Gasteiger partial charge in [0, 0.05) is 16.5 Å². The fraction of sp³-hybridized carbons (Fsp3) is 0.286. The van der Waals surface area contributed by atoms with Crippen LogP contribution in [0.5, 0.6) is 5.75 Å². The van der Waals surface area contributed by atoms with Gasteiger partial charge in [-0.2, -0.15) is 5.10 Å². The zero-order valence-electron chi connectivity index (χ0n) is 25.0.